The van der Waals surface area contributed by atoms with E-state index in [0.29, 0.717) is 21.8 Å². The van der Waals surface area contributed by atoms with Crippen molar-refractivity contribution in [3.63, 3.8) is 0 Å². The molecule has 0 unspecified atom stereocenters. The molecule has 116 valence electrons. The van der Waals surface area contributed by atoms with Crippen molar-refractivity contribution < 1.29 is 9.59 Å². The summed E-state index contributed by atoms with van der Waals surface area (Å²) in [5, 5.41) is 2.40. The molecule has 4 heteroatoms. The van der Waals surface area contributed by atoms with Gasteiger partial charge in [0.15, 0.2) is 0 Å². The van der Waals surface area contributed by atoms with Gasteiger partial charge >= 0.3 is 0 Å². The fourth-order valence-corrected chi connectivity index (χ4v) is 4.05. The van der Waals surface area contributed by atoms with E-state index in [0.717, 1.165) is 23.6 Å². The molecule has 0 saturated heterocycles. The van der Waals surface area contributed by atoms with E-state index < -0.39 is 0 Å². The van der Waals surface area contributed by atoms with E-state index in [-0.39, 0.29) is 11.8 Å². The number of rotatable bonds is 1. The molecule has 1 aliphatic heterocycles. The fraction of sp³-hybridized carbons (Fsp3) is 0.100. The van der Waals surface area contributed by atoms with Gasteiger partial charge in [0.2, 0.25) is 0 Å². The molecule has 24 heavy (non-hydrogen) atoms. The van der Waals surface area contributed by atoms with E-state index in [1.807, 2.05) is 24.3 Å². The van der Waals surface area contributed by atoms with Crippen LogP contribution >= 0.6 is 11.6 Å². The minimum atomic E-state index is -0.287. The number of anilines is 1. The minimum Gasteiger partial charge on any atom is -0.268 e. The molecule has 0 radical (unpaired) electrons. The summed E-state index contributed by atoms with van der Waals surface area (Å²) < 4.78 is 0. The summed E-state index contributed by atoms with van der Waals surface area (Å²) in [6.45, 7) is 0. The van der Waals surface area contributed by atoms with Crippen LogP contribution in [0.15, 0.2) is 48.5 Å². The second-order valence-corrected chi connectivity index (χ2v) is 6.66. The van der Waals surface area contributed by atoms with Gasteiger partial charge in [-0.1, -0.05) is 29.8 Å². The minimum absolute atomic E-state index is 0.287. The van der Waals surface area contributed by atoms with Gasteiger partial charge < -0.3 is 0 Å². The number of carbonyl (C=O) groups is 2. The lowest BCUT2D eigenvalue weighted by Gasteiger charge is -2.27. The highest BCUT2D eigenvalue weighted by atomic mass is 35.5. The predicted molar refractivity (Wildman–Crippen MR) is 93.9 cm³/mol. The van der Waals surface area contributed by atoms with Gasteiger partial charge in [-0.15, -0.1) is 0 Å². The Morgan fingerprint density at radius 1 is 0.792 bits per heavy atom. The number of benzene rings is 3. The van der Waals surface area contributed by atoms with Crippen LogP contribution in [0.3, 0.4) is 0 Å². The summed E-state index contributed by atoms with van der Waals surface area (Å²) in [5.74, 6) is -0.573. The lowest BCUT2D eigenvalue weighted by molar-refractivity contribution is 0.0893. The first-order chi connectivity index (χ1) is 11.6. The number of halogens is 1. The Morgan fingerprint density at radius 2 is 1.42 bits per heavy atom. The third-order valence-electron chi connectivity index (χ3n) is 4.93. The van der Waals surface area contributed by atoms with Gasteiger partial charge in [0, 0.05) is 21.5 Å². The third-order valence-corrected chi connectivity index (χ3v) is 5.17. The van der Waals surface area contributed by atoms with Crippen LogP contribution in [0.5, 0.6) is 0 Å². The highest BCUT2D eigenvalue weighted by Crippen LogP contribution is 2.39. The van der Waals surface area contributed by atoms with Crippen LogP contribution in [0.25, 0.3) is 10.8 Å². The first-order valence-corrected chi connectivity index (χ1v) is 8.25. The summed E-state index contributed by atoms with van der Waals surface area (Å²) in [4.78, 5) is 27.3. The number of imide groups is 1. The number of hydrogen-bond donors (Lipinski definition) is 0. The van der Waals surface area contributed by atoms with Crippen molar-refractivity contribution in [3.05, 3.63) is 75.8 Å². The molecule has 1 aliphatic carbocycles. The van der Waals surface area contributed by atoms with Crippen molar-refractivity contribution in [3.8, 4) is 0 Å². The van der Waals surface area contributed by atoms with Crippen LogP contribution in [-0.4, -0.2) is 11.8 Å². The molecule has 3 aromatic rings. The molecule has 3 aromatic carbocycles. The van der Waals surface area contributed by atoms with Crippen LogP contribution in [0, 0.1) is 0 Å². The number of carbonyl (C=O) groups excluding carboxylic acids is 2. The summed E-state index contributed by atoms with van der Waals surface area (Å²) in [6.07, 6.45) is 1.94. The number of hydrogen-bond acceptors (Lipinski definition) is 2. The van der Waals surface area contributed by atoms with Crippen LogP contribution < -0.4 is 4.90 Å². The predicted octanol–water partition coefficient (Wildman–Crippen LogP) is 4.39. The van der Waals surface area contributed by atoms with Gasteiger partial charge in [-0.2, -0.15) is 0 Å². The van der Waals surface area contributed by atoms with E-state index in [2.05, 4.69) is 0 Å². The van der Waals surface area contributed by atoms with E-state index in [1.165, 1.54) is 16.0 Å². The zero-order valence-electron chi connectivity index (χ0n) is 12.7. The maximum atomic E-state index is 13.0. The average Bonchev–Trinajstić information content (AvgIpc) is 3.00. The Bertz CT molecular complexity index is 1010. The van der Waals surface area contributed by atoms with Crippen LogP contribution in [-0.2, 0) is 12.8 Å². The van der Waals surface area contributed by atoms with Gasteiger partial charge in [0.05, 0.1) is 5.69 Å². The molecular weight excluding hydrogens is 322 g/mol. The smallest absolute Gasteiger partial charge is 0.265 e. The Balaban J connectivity index is 1.81. The SMILES string of the molecule is O=C1c2ccc3c4c(ccc(c24)C(=O)N1c1cccc(Cl)c1)CC3. The Labute approximate surface area is 143 Å². The lowest BCUT2D eigenvalue weighted by Crippen LogP contribution is -2.40. The maximum Gasteiger partial charge on any atom is 0.265 e. The van der Waals surface area contributed by atoms with Crippen LogP contribution in [0.2, 0.25) is 5.02 Å². The molecule has 0 fully saturated rings. The zero-order valence-corrected chi connectivity index (χ0v) is 13.4. The second kappa shape index (κ2) is 4.68. The Hall–Kier alpha value is -2.65. The lowest BCUT2D eigenvalue weighted by atomic mass is 9.91. The number of aryl methyl sites for hydroxylation is 2. The van der Waals surface area contributed by atoms with Crippen molar-refractivity contribution in [2.75, 3.05) is 4.90 Å². The third kappa shape index (κ3) is 1.68. The molecule has 0 bridgehead atoms. The first-order valence-electron chi connectivity index (χ1n) is 7.87. The molecule has 0 atom stereocenters. The first kappa shape index (κ1) is 13.8. The molecule has 2 amide bonds. The molecule has 0 spiro atoms. The van der Waals surface area contributed by atoms with Crippen molar-refractivity contribution in [2.45, 2.75) is 12.8 Å². The van der Waals surface area contributed by atoms with E-state index >= 15 is 0 Å². The molecule has 3 nitrogen and oxygen atoms in total. The van der Waals surface area contributed by atoms with Gasteiger partial charge in [-0.25, -0.2) is 4.90 Å². The standard InChI is InChI=1S/C20H12ClNO2/c21-13-2-1-3-14(10-13)22-19(23)15-8-6-11-4-5-12-7-9-16(20(22)24)18(15)17(11)12/h1-3,6-10H,4-5H2. The Morgan fingerprint density at radius 3 is 2.00 bits per heavy atom. The molecular formula is C20H12ClNO2. The summed E-state index contributed by atoms with van der Waals surface area (Å²) in [7, 11) is 0. The topological polar surface area (TPSA) is 37.4 Å². The molecule has 0 aromatic heterocycles. The van der Waals surface area contributed by atoms with Crippen molar-refractivity contribution in [1.29, 1.82) is 0 Å². The van der Waals surface area contributed by atoms with Gasteiger partial charge in [-0.3, -0.25) is 9.59 Å². The fourth-order valence-electron chi connectivity index (χ4n) is 3.87. The zero-order chi connectivity index (χ0) is 16.4. The number of amides is 2. The molecule has 2 aliphatic rings. The molecule has 5 rings (SSSR count). The van der Waals surface area contributed by atoms with E-state index in [1.54, 1.807) is 24.3 Å². The number of nitrogens with zero attached hydrogens (tertiary/aromatic N) is 1. The highest BCUT2D eigenvalue weighted by molar-refractivity contribution is 6.37. The summed E-state index contributed by atoms with van der Waals surface area (Å²) in [5.41, 5.74) is 4.13. The normalized spacial score (nSPS) is 15.5. The molecule has 0 N–H and O–H groups in total. The van der Waals surface area contributed by atoms with E-state index in [4.69, 9.17) is 11.6 Å². The molecule has 0 saturated carbocycles. The quantitative estimate of drug-likeness (QED) is 0.619. The Kier molecular flexibility index (Phi) is 2.68. The highest BCUT2D eigenvalue weighted by Gasteiger charge is 2.35. The largest absolute Gasteiger partial charge is 0.268 e. The van der Waals surface area contributed by atoms with Crippen LogP contribution in [0.4, 0.5) is 5.69 Å². The van der Waals surface area contributed by atoms with Gasteiger partial charge in [0.1, 0.15) is 0 Å². The van der Waals surface area contributed by atoms with Crippen molar-refractivity contribution in [2.24, 2.45) is 0 Å². The molecule has 1 heterocycles. The monoisotopic (exact) mass is 333 g/mol. The maximum absolute atomic E-state index is 13.0. The van der Waals surface area contributed by atoms with Crippen molar-refractivity contribution in [1.82, 2.24) is 0 Å². The second-order valence-electron chi connectivity index (χ2n) is 6.22. The van der Waals surface area contributed by atoms with Crippen LogP contribution in [0.1, 0.15) is 31.8 Å². The summed E-state index contributed by atoms with van der Waals surface area (Å²) in [6, 6.07) is 14.6. The van der Waals surface area contributed by atoms with Gasteiger partial charge in [-0.05, 0) is 59.7 Å². The average molecular weight is 334 g/mol. The van der Waals surface area contributed by atoms with Gasteiger partial charge in [0.25, 0.3) is 11.8 Å². The summed E-state index contributed by atoms with van der Waals surface area (Å²) >= 11 is 6.04. The van der Waals surface area contributed by atoms with E-state index in [9.17, 15) is 9.59 Å². The van der Waals surface area contributed by atoms with Crippen molar-refractivity contribution >= 4 is 39.9 Å².